The Morgan fingerprint density at radius 2 is 1.90 bits per heavy atom. The molecule has 1 N–H and O–H groups in total. The molecule has 3 aromatic rings. The van der Waals surface area contributed by atoms with Gasteiger partial charge < -0.3 is 19.5 Å². The van der Waals surface area contributed by atoms with Crippen molar-refractivity contribution < 1.29 is 22.6 Å². The number of morpholine rings is 1. The van der Waals surface area contributed by atoms with Crippen LogP contribution in [0.1, 0.15) is 24.8 Å². The first-order valence-electron chi connectivity index (χ1n) is 13.6. The van der Waals surface area contributed by atoms with E-state index in [2.05, 4.69) is 26.1 Å². The highest BCUT2D eigenvalue weighted by molar-refractivity contribution is 7.88. The smallest absolute Gasteiger partial charge is 0.211 e. The number of hydrogen-bond donors (Lipinski definition) is 1. The van der Waals surface area contributed by atoms with Crippen molar-refractivity contribution in [3.8, 4) is 23.8 Å². The molecule has 11 heteroatoms. The van der Waals surface area contributed by atoms with Gasteiger partial charge in [0, 0.05) is 55.4 Å². The van der Waals surface area contributed by atoms with Gasteiger partial charge in [-0.2, -0.15) is 0 Å². The molecule has 0 atom stereocenters. The first-order chi connectivity index (χ1) is 19.4. The van der Waals surface area contributed by atoms with Crippen LogP contribution in [0.5, 0.6) is 11.5 Å². The fourth-order valence-corrected chi connectivity index (χ4v) is 5.82. The van der Waals surface area contributed by atoms with Gasteiger partial charge in [-0.3, -0.25) is 4.90 Å². The Morgan fingerprint density at radius 1 is 1.10 bits per heavy atom. The Bertz CT molecular complexity index is 1460. The highest BCUT2D eigenvalue weighted by Gasteiger charge is 2.27. The van der Waals surface area contributed by atoms with Gasteiger partial charge in [-0.15, -0.1) is 6.42 Å². The summed E-state index contributed by atoms with van der Waals surface area (Å²) in [6.07, 6.45) is 10.2. The summed E-state index contributed by atoms with van der Waals surface area (Å²) >= 11 is 0. The molecule has 0 radical (unpaired) electrons. The lowest BCUT2D eigenvalue weighted by atomic mass is 10.1. The molecule has 212 valence electrons. The average molecular weight is 566 g/mol. The lowest BCUT2D eigenvalue weighted by Crippen LogP contribution is -2.41. The van der Waals surface area contributed by atoms with Crippen molar-refractivity contribution in [3.05, 3.63) is 48.3 Å². The Morgan fingerprint density at radius 3 is 2.65 bits per heavy atom. The van der Waals surface area contributed by atoms with Crippen molar-refractivity contribution in [2.24, 2.45) is 0 Å². The van der Waals surface area contributed by atoms with Gasteiger partial charge in [0.15, 0.2) is 11.5 Å². The predicted octanol–water partition coefficient (Wildman–Crippen LogP) is 3.26. The summed E-state index contributed by atoms with van der Waals surface area (Å²) in [5.74, 6) is 4.47. The molecule has 2 saturated heterocycles. The van der Waals surface area contributed by atoms with E-state index in [4.69, 9.17) is 20.6 Å². The van der Waals surface area contributed by atoms with Crippen molar-refractivity contribution >= 4 is 32.4 Å². The van der Waals surface area contributed by atoms with Crippen LogP contribution in [0.2, 0.25) is 0 Å². The van der Waals surface area contributed by atoms with Gasteiger partial charge in [0.1, 0.15) is 18.2 Å². The summed E-state index contributed by atoms with van der Waals surface area (Å²) in [5.41, 5.74) is 2.29. The van der Waals surface area contributed by atoms with E-state index in [1.165, 1.54) is 16.9 Å². The molecule has 2 aromatic carbocycles. The van der Waals surface area contributed by atoms with Crippen LogP contribution in [-0.2, 0) is 14.8 Å². The minimum Gasteiger partial charge on any atom is -0.490 e. The van der Waals surface area contributed by atoms with Crippen LogP contribution in [0.15, 0.2) is 42.7 Å². The number of nitrogens with one attached hydrogen (secondary N) is 1. The molecule has 2 aliphatic heterocycles. The zero-order valence-electron chi connectivity index (χ0n) is 22.7. The molecule has 0 unspecified atom stereocenters. The van der Waals surface area contributed by atoms with Gasteiger partial charge in [-0.05, 0) is 43.5 Å². The third kappa shape index (κ3) is 7.20. The first kappa shape index (κ1) is 28.1. The van der Waals surface area contributed by atoms with Crippen LogP contribution in [-0.4, -0.2) is 92.5 Å². The largest absolute Gasteiger partial charge is 0.490 e. The van der Waals surface area contributed by atoms with Crippen LogP contribution in [0, 0.1) is 12.3 Å². The second-order valence-electron chi connectivity index (χ2n) is 10.0. The van der Waals surface area contributed by atoms with E-state index in [0.717, 1.165) is 55.9 Å². The van der Waals surface area contributed by atoms with E-state index in [1.54, 1.807) is 0 Å². The standard InChI is InChI=1S/C29H35N5O5S/c1-3-22-6-4-7-23(18-22)32-29-25-19-28(39-24-8-11-34(12-9-24)40(2,35)36)27(20-26(25)30-21-31-29)38-15-5-10-33-13-16-37-17-14-33/h1,4,6-7,18-21,24H,5,8-17H2,2H3,(H,30,31,32). The Kier molecular flexibility index (Phi) is 9.01. The summed E-state index contributed by atoms with van der Waals surface area (Å²) in [7, 11) is -3.22. The SMILES string of the molecule is C#Cc1cccc(Nc2ncnc3cc(OCCCN4CCOCC4)c(OC4CCN(S(C)(=O)=O)CC4)cc23)c1. The maximum absolute atomic E-state index is 12.0. The molecule has 2 fully saturated rings. The number of nitrogens with zero attached hydrogens (tertiary/aromatic N) is 4. The van der Waals surface area contributed by atoms with Crippen molar-refractivity contribution in [1.82, 2.24) is 19.2 Å². The molecule has 2 aliphatic rings. The van der Waals surface area contributed by atoms with Crippen molar-refractivity contribution in [3.63, 3.8) is 0 Å². The van der Waals surface area contributed by atoms with Crippen LogP contribution < -0.4 is 14.8 Å². The molecule has 3 heterocycles. The number of terminal acetylenes is 1. The van der Waals surface area contributed by atoms with Gasteiger partial charge in [-0.1, -0.05) is 12.0 Å². The number of rotatable bonds is 10. The minimum atomic E-state index is -3.22. The summed E-state index contributed by atoms with van der Waals surface area (Å²) in [5, 5.41) is 4.13. The van der Waals surface area contributed by atoms with Gasteiger partial charge in [-0.25, -0.2) is 22.7 Å². The zero-order valence-corrected chi connectivity index (χ0v) is 23.5. The molecule has 40 heavy (non-hydrogen) atoms. The van der Waals surface area contributed by atoms with E-state index in [0.29, 0.717) is 55.4 Å². The lowest BCUT2D eigenvalue weighted by molar-refractivity contribution is 0.0357. The number of anilines is 2. The van der Waals surface area contributed by atoms with E-state index in [9.17, 15) is 8.42 Å². The third-order valence-electron chi connectivity index (χ3n) is 7.14. The number of sulfonamides is 1. The Hall–Kier alpha value is -3.43. The van der Waals surface area contributed by atoms with Crippen LogP contribution >= 0.6 is 0 Å². The van der Waals surface area contributed by atoms with E-state index in [1.807, 2.05) is 36.4 Å². The maximum Gasteiger partial charge on any atom is 0.211 e. The van der Waals surface area contributed by atoms with Gasteiger partial charge in [0.25, 0.3) is 0 Å². The highest BCUT2D eigenvalue weighted by atomic mass is 32.2. The fourth-order valence-electron chi connectivity index (χ4n) is 4.95. The maximum atomic E-state index is 12.0. The molecule has 0 spiro atoms. The van der Waals surface area contributed by atoms with Gasteiger partial charge >= 0.3 is 0 Å². The number of piperidine rings is 1. The topological polar surface area (TPSA) is 106 Å². The summed E-state index contributed by atoms with van der Waals surface area (Å²) in [6, 6.07) is 11.4. The molecule has 0 amide bonds. The number of aromatic nitrogens is 2. The van der Waals surface area contributed by atoms with Crippen LogP contribution in [0.3, 0.4) is 0 Å². The first-order valence-corrected chi connectivity index (χ1v) is 15.4. The number of benzene rings is 2. The van der Waals surface area contributed by atoms with Crippen LogP contribution in [0.25, 0.3) is 10.9 Å². The van der Waals surface area contributed by atoms with E-state index >= 15 is 0 Å². The highest BCUT2D eigenvalue weighted by Crippen LogP contribution is 2.36. The molecule has 5 rings (SSSR count). The van der Waals surface area contributed by atoms with E-state index in [-0.39, 0.29) is 6.10 Å². The molecule has 1 aromatic heterocycles. The summed E-state index contributed by atoms with van der Waals surface area (Å²) in [6.45, 7) is 5.73. The van der Waals surface area contributed by atoms with Crippen LogP contribution in [0.4, 0.5) is 11.5 Å². The lowest BCUT2D eigenvalue weighted by Gasteiger charge is -2.31. The predicted molar refractivity (Wildman–Crippen MR) is 155 cm³/mol. The normalized spacial score (nSPS) is 17.4. The van der Waals surface area contributed by atoms with E-state index < -0.39 is 10.0 Å². The molecule has 0 aliphatic carbocycles. The third-order valence-corrected chi connectivity index (χ3v) is 8.44. The Balaban J connectivity index is 1.37. The molecular weight excluding hydrogens is 530 g/mol. The van der Waals surface area contributed by atoms with Crippen molar-refractivity contribution in [2.75, 3.05) is 64.1 Å². The quantitative estimate of drug-likeness (QED) is 0.293. The van der Waals surface area contributed by atoms with Gasteiger partial charge in [0.2, 0.25) is 10.0 Å². The zero-order chi connectivity index (χ0) is 28.0. The second kappa shape index (κ2) is 12.8. The summed E-state index contributed by atoms with van der Waals surface area (Å²) < 4.78 is 43.6. The fraction of sp³-hybridized carbons (Fsp3) is 0.448. The average Bonchev–Trinajstić information content (AvgIpc) is 2.96. The molecule has 0 saturated carbocycles. The Labute approximate surface area is 235 Å². The minimum absolute atomic E-state index is 0.139. The second-order valence-corrected chi connectivity index (χ2v) is 12.0. The number of fused-ring (bicyclic) bond motifs is 1. The summed E-state index contributed by atoms with van der Waals surface area (Å²) in [4.78, 5) is 11.3. The number of ether oxygens (including phenoxy) is 3. The van der Waals surface area contributed by atoms with Crippen molar-refractivity contribution in [2.45, 2.75) is 25.4 Å². The monoisotopic (exact) mass is 565 g/mol. The van der Waals surface area contributed by atoms with Gasteiger partial charge in [0.05, 0.1) is 31.6 Å². The molecule has 0 bridgehead atoms. The molecular formula is C29H35N5O5S. The number of hydrogen-bond acceptors (Lipinski definition) is 9. The van der Waals surface area contributed by atoms with Crippen molar-refractivity contribution in [1.29, 1.82) is 0 Å². The molecule has 10 nitrogen and oxygen atoms in total.